The van der Waals surface area contributed by atoms with Gasteiger partial charge in [0.05, 0.1) is 5.75 Å². The lowest BCUT2D eigenvalue weighted by atomic mass is 9.61. The minimum absolute atomic E-state index is 0.0623. The van der Waals surface area contributed by atoms with E-state index < -0.39 is 10.0 Å². The molecule has 1 rings (SSSR count). The van der Waals surface area contributed by atoms with Crippen LogP contribution >= 0.6 is 0 Å². The summed E-state index contributed by atoms with van der Waals surface area (Å²) < 4.78 is 24.5. The van der Waals surface area contributed by atoms with Crippen LogP contribution in [0.15, 0.2) is 0 Å². The van der Waals surface area contributed by atoms with Crippen LogP contribution in [-0.2, 0) is 14.8 Å². The fourth-order valence-electron chi connectivity index (χ4n) is 2.93. The lowest BCUT2D eigenvalue weighted by molar-refractivity contribution is -0.132. The first-order valence-corrected chi connectivity index (χ1v) is 9.04. The molecule has 0 heterocycles. The summed E-state index contributed by atoms with van der Waals surface area (Å²) >= 11 is 0. The second-order valence-corrected chi connectivity index (χ2v) is 9.10. The summed E-state index contributed by atoms with van der Waals surface area (Å²) in [6.07, 6.45) is 1.59. The maximum atomic E-state index is 12.4. The van der Waals surface area contributed by atoms with Crippen LogP contribution in [0.1, 0.15) is 33.6 Å². The first kappa shape index (κ1) is 18.4. The molecule has 0 aliphatic heterocycles. The molecule has 0 saturated heterocycles. The lowest BCUT2D eigenvalue weighted by Crippen LogP contribution is -2.52. The topological polar surface area (TPSA) is 92.5 Å². The van der Waals surface area contributed by atoms with Crippen molar-refractivity contribution in [2.24, 2.45) is 23.0 Å². The Morgan fingerprint density at radius 3 is 2.43 bits per heavy atom. The van der Waals surface area contributed by atoms with Crippen LogP contribution in [0.25, 0.3) is 0 Å². The number of hydrogen-bond acceptors (Lipinski definition) is 4. The normalized spacial score (nSPS) is 29.4. The molecule has 0 aromatic carbocycles. The van der Waals surface area contributed by atoms with Gasteiger partial charge in [-0.2, -0.15) is 0 Å². The van der Waals surface area contributed by atoms with Crippen molar-refractivity contribution in [2.75, 3.05) is 26.4 Å². The molecule has 1 amide bonds. The molecule has 0 aromatic heterocycles. The van der Waals surface area contributed by atoms with E-state index in [1.165, 1.54) is 18.4 Å². The maximum Gasteiger partial charge on any atom is 0.223 e. The Bertz CT molecular complexity index is 474. The van der Waals surface area contributed by atoms with Gasteiger partial charge in [0, 0.05) is 32.6 Å². The Morgan fingerprint density at radius 2 is 1.90 bits per heavy atom. The second kappa shape index (κ2) is 6.62. The molecule has 7 heteroatoms. The van der Waals surface area contributed by atoms with Crippen molar-refractivity contribution < 1.29 is 13.2 Å². The maximum absolute atomic E-state index is 12.4. The van der Waals surface area contributed by atoms with Crippen LogP contribution in [0.4, 0.5) is 0 Å². The number of hydrogen-bond donors (Lipinski definition) is 2. The van der Waals surface area contributed by atoms with Gasteiger partial charge in [-0.15, -0.1) is 0 Å². The number of nitrogens with two attached hydrogens (primary N) is 1. The largest absolute Gasteiger partial charge is 0.355 e. The van der Waals surface area contributed by atoms with Gasteiger partial charge in [0.25, 0.3) is 0 Å². The molecule has 0 aromatic rings. The summed E-state index contributed by atoms with van der Waals surface area (Å²) in [5.74, 6) is 0.00287. The molecular formula is C14H29N3O3S. The van der Waals surface area contributed by atoms with Crippen LogP contribution < -0.4 is 11.1 Å². The first-order valence-electron chi connectivity index (χ1n) is 7.43. The zero-order chi connectivity index (χ0) is 16.4. The average Bonchev–Trinajstić information content (AvgIpc) is 2.35. The second-order valence-electron chi connectivity index (χ2n) is 6.79. The third kappa shape index (κ3) is 4.17. The highest BCUT2D eigenvalue weighted by molar-refractivity contribution is 7.89. The van der Waals surface area contributed by atoms with Crippen LogP contribution in [0.2, 0.25) is 0 Å². The summed E-state index contributed by atoms with van der Waals surface area (Å²) in [6.45, 7) is 6.36. The van der Waals surface area contributed by atoms with E-state index in [0.717, 1.165) is 12.8 Å². The SMILES string of the molecule is CC1C(N)CCC(C(=O)NCCS(=O)(=O)N(C)C)C1(C)C. The van der Waals surface area contributed by atoms with Crippen LogP contribution in [0, 0.1) is 17.3 Å². The van der Waals surface area contributed by atoms with E-state index in [1.54, 1.807) is 0 Å². The Morgan fingerprint density at radius 1 is 1.33 bits per heavy atom. The highest BCUT2D eigenvalue weighted by atomic mass is 32.2. The Labute approximate surface area is 128 Å². The summed E-state index contributed by atoms with van der Waals surface area (Å²) in [7, 11) is -0.293. The average molecular weight is 319 g/mol. The number of sulfonamides is 1. The van der Waals surface area contributed by atoms with Gasteiger partial charge in [0.1, 0.15) is 0 Å². The number of amides is 1. The smallest absolute Gasteiger partial charge is 0.223 e. The molecule has 1 fully saturated rings. The van der Waals surface area contributed by atoms with E-state index in [2.05, 4.69) is 26.1 Å². The van der Waals surface area contributed by atoms with Gasteiger partial charge in [0.2, 0.25) is 15.9 Å². The fourth-order valence-corrected chi connectivity index (χ4v) is 3.65. The van der Waals surface area contributed by atoms with E-state index in [9.17, 15) is 13.2 Å². The quantitative estimate of drug-likeness (QED) is 0.767. The molecule has 0 spiro atoms. The van der Waals surface area contributed by atoms with Crippen LogP contribution in [0.3, 0.4) is 0 Å². The molecule has 21 heavy (non-hydrogen) atoms. The Kier molecular flexibility index (Phi) is 5.80. The van der Waals surface area contributed by atoms with Crippen molar-refractivity contribution in [1.29, 1.82) is 0 Å². The minimum atomic E-state index is -3.27. The highest BCUT2D eigenvalue weighted by Crippen LogP contribution is 2.44. The number of carbonyl (C=O) groups excluding carboxylic acids is 1. The molecule has 6 nitrogen and oxygen atoms in total. The van der Waals surface area contributed by atoms with Gasteiger partial charge in [-0.25, -0.2) is 12.7 Å². The summed E-state index contributed by atoms with van der Waals surface area (Å²) in [4.78, 5) is 12.4. The third-order valence-corrected chi connectivity index (χ3v) is 6.87. The van der Waals surface area contributed by atoms with Crippen molar-refractivity contribution in [3.05, 3.63) is 0 Å². The zero-order valence-corrected chi connectivity index (χ0v) is 14.5. The predicted molar refractivity (Wildman–Crippen MR) is 84.1 cm³/mol. The zero-order valence-electron chi connectivity index (χ0n) is 13.7. The molecular weight excluding hydrogens is 290 g/mol. The van der Waals surface area contributed by atoms with E-state index in [1.807, 2.05) is 0 Å². The molecule has 124 valence electrons. The number of nitrogens with zero attached hydrogens (tertiary/aromatic N) is 1. The van der Waals surface area contributed by atoms with Crippen molar-refractivity contribution in [3.63, 3.8) is 0 Å². The molecule has 1 saturated carbocycles. The summed E-state index contributed by atoms with van der Waals surface area (Å²) in [5.41, 5.74) is 5.91. The predicted octanol–water partition coefficient (Wildman–Crippen LogP) is 0.394. The number of carbonyl (C=O) groups is 1. The fraction of sp³-hybridized carbons (Fsp3) is 0.929. The van der Waals surface area contributed by atoms with Gasteiger partial charge in [-0.3, -0.25) is 4.79 Å². The summed E-state index contributed by atoms with van der Waals surface area (Å²) in [6, 6.07) is 0.123. The van der Waals surface area contributed by atoms with Crippen molar-refractivity contribution in [2.45, 2.75) is 39.7 Å². The Balaban J connectivity index is 2.60. The van der Waals surface area contributed by atoms with E-state index in [4.69, 9.17) is 5.73 Å². The van der Waals surface area contributed by atoms with E-state index in [-0.39, 0.29) is 41.5 Å². The molecule has 3 unspecified atom stereocenters. The molecule has 3 N–H and O–H groups in total. The van der Waals surface area contributed by atoms with Gasteiger partial charge < -0.3 is 11.1 Å². The van der Waals surface area contributed by atoms with Gasteiger partial charge in [0.15, 0.2) is 0 Å². The number of nitrogens with one attached hydrogen (secondary N) is 1. The molecule has 3 atom stereocenters. The van der Waals surface area contributed by atoms with E-state index in [0.29, 0.717) is 0 Å². The van der Waals surface area contributed by atoms with Crippen molar-refractivity contribution in [3.8, 4) is 0 Å². The van der Waals surface area contributed by atoms with Crippen molar-refractivity contribution in [1.82, 2.24) is 9.62 Å². The number of rotatable bonds is 5. The molecule has 1 aliphatic rings. The van der Waals surface area contributed by atoms with Crippen LogP contribution in [-0.4, -0.2) is 51.1 Å². The van der Waals surface area contributed by atoms with Gasteiger partial charge in [-0.05, 0) is 24.2 Å². The van der Waals surface area contributed by atoms with Gasteiger partial charge >= 0.3 is 0 Å². The monoisotopic (exact) mass is 319 g/mol. The first-order chi connectivity index (χ1) is 9.50. The van der Waals surface area contributed by atoms with E-state index >= 15 is 0 Å². The minimum Gasteiger partial charge on any atom is -0.355 e. The van der Waals surface area contributed by atoms with Gasteiger partial charge in [-0.1, -0.05) is 20.8 Å². The summed E-state index contributed by atoms with van der Waals surface area (Å²) in [5, 5.41) is 2.77. The lowest BCUT2D eigenvalue weighted by Gasteiger charge is -2.46. The van der Waals surface area contributed by atoms with Crippen LogP contribution in [0.5, 0.6) is 0 Å². The Hall–Kier alpha value is -0.660. The standard InChI is InChI=1S/C14H29N3O3S/c1-10-12(15)7-6-11(14(10,2)3)13(18)16-8-9-21(19,20)17(4)5/h10-12H,6-9,15H2,1-5H3,(H,16,18). The molecule has 1 aliphatic carbocycles. The van der Waals surface area contributed by atoms with Crippen molar-refractivity contribution >= 4 is 15.9 Å². The molecule has 0 radical (unpaired) electrons. The molecule has 0 bridgehead atoms. The third-order valence-electron chi connectivity index (χ3n) is 5.03. The highest BCUT2D eigenvalue weighted by Gasteiger charge is 2.44.